The average Bonchev–Trinajstić information content (AvgIpc) is 2.36. The molecule has 0 bridgehead atoms. The van der Waals surface area contributed by atoms with E-state index in [1.807, 2.05) is 0 Å². The van der Waals surface area contributed by atoms with Gasteiger partial charge in [-0.2, -0.15) is 13.2 Å². The highest BCUT2D eigenvalue weighted by atomic mass is 19.4. The van der Waals surface area contributed by atoms with Crippen LogP contribution in [0.5, 0.6) is 0 Å². The summed E-state index contributed by atoms with van der Waals surface area (Å²) in [6.45, 7) is 0.555. The zero-order valence-corrected chi connectivity index (χ0v) is 11.2. The summed E-state index contributed by atoms with van der Waals surface area (Å²) in [5, 5.41) is 2.58. The van der Waals surface area contributed by atoms with Gasteiger partial charge in [0.25, 0.3) is 0 Å². The normalized spacial score (nSPS) is 11.7. The number of hydrogen-bond donors (Lipinski definition) is 2. The van der Waals surface area contributed by atoms with Gasteiger partial charge in [0.15, 0.2) is 0 Å². The number of nitrogens with one attached hydrogen (secondary N) is 1. The maximum atomic E-state index is 12.3. The number of para-hydroxylation sites is 1. The second kappa shape index (κ2) is 7.25. The van der Waals surface area contributed by atoms with E-state index in [0.29, 0.717) is 5.69 Å². The first-order valence-corrected chi connectivity index (χ1v) is 6.22. The molecule has 1 amide bonds. The van der Waals surface area contributed by atoms with E-state index in [1.165, 1.54) is 0 Å². The van der Waals surface area contributed by atoms with Crippen molar-refractivity contribution < 1.29 is 18.0 Å². The third-order valence-corrected chi connectivity index (χ3v) is 2.73. The number of halogens is 3. The maximum absolute atomic E-state index is 12.3. The summed E-state index contributed by atoms with van der Waals surface area (Å²) in [5.41, 5.74) is 6.79. The molecule has 112 valence electrons. The van der Waals surface area contributed by atoms with Crippen LogP contribution in [0.3, 0.4) is 0 Å². The number of likely N-dealkylation sites (N-methyl/N-ethyl adjacent to an activating group) is 1. The fraction of sp³-hybridized carbons (Fsp3) is 0.462. The predicted molar refractivity (Wildman–Crippen MR) is 71.1 cm³/mol. The lowest BCUT2D eigenvalue weighted by Gasteiger charge is -2.21. The smallest absolute Gasteiger partial charge is 0.326 e. The zero-order chi connectivity index (χ0) is 15.2. The molecule has 0 aliphatic rings. The van der Waals surface area contributed by atoms with E-state index in [-0.39, 0.29) is 19.6 Å². The van der Waals surface area contributed by atoms with E-state index in [9.17, 15) is 18.0 Å². The molecule has 1 aromatic rings. The van der Waals surface area contributed by atoms with Crippen molar-refractivity contribution in [3.05, 3.63) is 29.8 Å². The SMILES string of the molecule is CCN(CC(=O)Nc1ccccc1CN)CC(F)(F)F. The van der Waals surface area contributed by atoms with Crippen LogP contribution in [0.1, 0.15) is 12.5 Å². The Morgan fingerprint density at radius 3 is 2.55 bits per heavy atom. The van der Waals surface area contributed by atoms with Gasteiger partial charge in [-0.1, -0.05) is 25.1 Å². The van der Waals surface area contributed by atoms with Gasteiger partial charge in [0.2, 0.25) is 5.91 Å². The Hall–Kier alpha value is -1.60. The number of carbonyl (C=O) groups excluding carboxylic acids is 1. The molecule has 0 aliphatic carbocycles. The van der Waals surface area contributed by atoms with E-state index in [0.717, 1.165) is 10.5 Å². The minimum atomic E-state index is -4.31. The molecule has 0 aliphatic heterocycles. The summed E-state index contributed by atoms with van der Waals surface area (Å²) in [5.74, 6) is -0.489. The van der Waals surface area contributed by atoms with Crippen LogP contribution >= 0.6 is 0 Å². The summed E-state index contributed by atoms with van der Waals surface area (Å²) in [6.07, 6.45) is -4.31. The molecule has 20 heavy (non-hydrogen) atoms. The molecule has 7 heteroatoms. The van der Waals surface area contributed by atoms with Crippen LogP contribution in [0.4, 0.5) is 18.9 Å². The highest BCUT2D eigenvalue weighted by Crippen LogP contribution is 2.17. The molecule has 1 aromatic carbocycles. The van der Waals surface area contributed by atoms with Gasteiger partial charge in [0.05, 0.1) is 13.1 Å². The summed E-state index contributed by atoms with van der Waals surface area (Å²) in [7, 11) is 0. The third kappa shape index (κ3) is 5.58. The number of amides is 1. The molecule has 0 heterocycles. The Balaban J connectivity index is 2.62. The lowest BCUT2D eigenvalue weighted by Crippen LogP contribution is -2.39. The zero-order valence-electron chi connectivity index (χ0n) is 11.2. The number of benzene rings is 1. The number of anilines is 1. The fourth-order valence-corrected chi connectivity index (χ4v) is 1.75. The topological polar surface area (TPSA) is 58.4 Å². The van der Waals surface area contributed by atoms with Crippen molar-refractivity contribution in [3.8, 4) is 0 Å². The van der Waals surface area contributed by atoms with Crippen LogP contribution in [-0.2, 0) is 11.3 Å². The van der Waals surface area contributed by atoms with Crippen molar-refractivity contribution in [3.63, 3.8) is 0 Å². The first-order chi connectivity index (χ1) is 9.35. The molecule has 3 N–H and O–H groups in total. The van der Waals surface area contributed by atoms with E-state index in [2.05, 4.69) is 5.32 Å². The van der Waals surface area contributed by atoms with Crippen molar-refractivity contribution >= 4 is 11.6 Å². The van der Waals surface area contributed by atoms with Crippen molar-refractivity contribution in [2.24, 2.45) is 5.73 Å². The van der Waals surface area contributed by atoms with E-state index < -0.39 is 18.6 Å². The minimum absolute atomic E-state index is 0.144. The fourth-order valence-electron chi connectivity index (χ4n) is 1.75. The summed E-state index contributed by atoms with van der Waals surface area (Å²) >= 11 is 0. The van der Waals surface area contributed by atoms with E-state index in [4.69, 9.17) is 5.73 Å². The summed E-state index contributed by atoms with van der Waals surface area (Å²) < 4.78 is 36.9. The molecular formula is C13H18F3N3O. The van der Waals surface area contributed by atoms with Gasteiger partial charge < -0.3 is 11.1 Å². The van der Waals surface area contributed by atoms with E-state index in [1.54, 1.807) is 31.2 Å². The number of carbonyl (C=O) groups is 1. The van der Waals surface area contributed by atoms with Crippen molar-refractivity contribution in [1.82, 2.24) is 4.90 Å². The highest BCUT2D eigenvalue weighted by Gasteiger charge is 2.30. The Bertz CT molecular complexity index is 449. The van der Waals surface area contributed by atoms with Crippen molar-refractivity contribution in [2.75, 3.05) is 25.0 Å². The van der Waals surface area contributed by atoms with Crippen LogP contribution in [0.2, 0.25) is 0 Å². The van der Waals surface area contributed by atoms with Crippen LogP contribution in [-0.4, -0.2) is 36.6 Å². The molecule has 1 rings (SSSR count). The third-order valence-electron chi connectivity index (χ3n) is 2.73. The van der Waals surface area contributed by atoms with Crippen molar-refractivity contribution in [1.29, 1.82) is 0 Å². The number of rotatable bonds is 6. The number of alkyl halides is 3. The van der Waals surface area contributed by atoms with Gasteiger partial charge in [-0.05, 0) is 18.2 Å². The summed E-state index contributed by atoms with van der Waals surface area (Å²) in [6, 6.07) is 6.92. The highest BCUT2D eigenvalue weighted by molar-refractivity contribution is 5.92. The molecule has 0 saturated carbocycles. The molecule has 0 radical (unpaired) electrons. The van der Waals surface area contributed by atoms with Gasteiger partial charge >= 0.3 is 6.18 Å². The quantitative estimate of drug-likeness (QED) is 0.841. The first kappa shape index (κ1) is 16.5. The lowest BCUT2D eigenvalue weighted by molar-refractivity contribution is -0.147. The minimum Gasteiger partial charge on any atom is -0.326 e. The second-order valence-electron chi connectivity index (χ2n) is 4.33. The Morgan fingerprint density at radius 2 is 2.00 bits per heavy atom. The van der Waals surface area contributed by atoms with Gasteiger partial charge in [0, 0.05) is 12.2 Å². The van der Waals surface area contributed by atoms with Crippen LogP contribution in [0, 0.1) is 0 Å². The molecule has 0 saturated heterocycles. The van der Waals surface area contributed by atoms with Gasteiger partial charge in [0.1, 0.15) is 0 Å². The van der Waals surface area contributed by atoms with Crippen LogP contribution < -0.4 is 11.1 Å². The van der Waals surface area contributed by atoms with Crippen LogP contribution in [0.15, 0.2) is 24.3 Å². The molecule has 0 aromatic heterocycles. The van der Waals surface area contributed by atoms with Gasteiger partial charge in [-0.25, -0.2) is 0 Å². The van der Waals surface area contributed by atoms with E-state index >= 15 is 0 Å². The molecule has 0 fully saturated rings. The number of hydrogen-bond acceptors (Lipinski definition) is 3. The van der Waals surface area contributed by atoms with Crippen molar-refractivity contribution in [2.45, 2.75) is 19.6 Å². The molecule has 0 atom stereocenters. The molecular weight excluding hydrogens is 271 g/mol. The maximum Gasteiger partial charge on any atom is 0.401 e. The largest absolute Gasteiger partial charge is 0.401 e. The Morgan fingerprint density at radius 1 is 1.35 bits per heavy atom. The molecule has 0 unspecified atom stereocenters. The number of nitrogens with zero attached hydrogens (tertiary/aromatic N) is 1. The Labute approximate surface area is 115 Å². The standard InChI is InChI=1S/C13H18F3N3O/c1-2-19(9-13(14,15)16)8-12(20)18-11-6-4-3-5-10(11)7-17/h3-6H,2,7-9,17H2,1H3,(H,18,20). The monoisotopic (exact) mass is 289 g/mol. The molecule has 0 spiro atoms. The van der Waals surface area contributed by atoms with Gasteiger partial charge in [-0.15, -0.1) is 0 Å². The Kier molecular flexibility index (Phi) is 5.97. The second-order valence-corrected chi connectivity index (χ2v) is 4.33. The predicted octanol–water partition coefficient (Wildman–Crippen LogP) is 1.97. The summed E-state index contributed by atoms with van der Waals surface area (Å²) in [4.78, 5) is 12.8. The first-order valence-electron chi connectivity index (χ1n) is 6.22. The molecule has 4 nitrogen and oxygen atoms in total. The number of nitrogens with two attached hydrogens (primary N) is 1. The van der Waals surface area contributed by atoms with Crippen LogP contribution in [0.25, 0.3) is 0 Å². The van der Waals surface area contributed by atoms with Gasteiger partial charge in [-0.3, -0.25) is 9.69 Å². The lowest BCUT2D eigenvalue weighted by atomic mass is 10.2. The average molecular weight is 289 g/mol.